The second-order valence-electron chi connectivity index (χ2n) is 4.93. The van der Waals surface area contributed by atoms with Crippen LogP contribution in [0.25, 0.3) is 0 Å². The number of amides is 1. The van der Waals surface area contributed by atoms with Gasteiger partial charge in [0.1, 0.15) is 5.69 Å². The Balaban J connectivity index is 0.00000176. The molecule has 0 unspecified atom stereocenters. The first-order valence-corrected chi connectivity index (χ1v) is 6.80. The number of aromatic nitrogens is 2. The molecule has 1 atom stereocenters. The number of hydrogen-bond acceptors (Lipinski definition) is 2. The van der Waals surface area contributed by atoms with Gasteiger partial charge in [0.25, 0.3) is 12.3 Å². The summed E-state index contributed by atoms with van der Waals surface area (Å²) in [6.45, 7) is 2.35. The van der Waals surface area contributed by atoms with E-state index in [1.54, 1.807) is 16.9 Å². The second kappa shape index (κ2) is 6.26. The highest BCUT2D eigenvalue weighted by atomic mass is 35.5. The molecular formula is C14H14ClF2N3OS. The van der Waals surface area contributed by atoms with Gasteiger partial charge in [-0.2, -0.15) is 18.6 Å². The summed E-state index contributed by atoms with van der Waals surface area (Å²) in [7, 11) is 0. The van der Waals surface area contributed by atoms with Crippen molar-refractivity contribution < 1.29 is 13.6 Å². The Morgan fingerprint density at radius 2 is 2.09 bits per heavy atom. The average Bonchev–Trinajstić information content (AvgIpc) is 2.92. The molecule has 0 radical (unpaired) electrons. The van der Waals surface area contributed by atoms with Crippen LogP contribution >= 0.6 is 25.1 Å². The molecule has 4 nitrogen and oxygen atoms in total. The summed E-state index contributed by atoms with van der Waals surface area (Å²) in [6, 6.07) is 5.79. The molecule has 0 fully saturated rings. The number of benzene rings is 1. The number of halogens is 3. The third kappa shape index (κ3) is 2.70. The number of carbonyl (C=O) groups excluding carboxylic acids is 1. The molecule has 0 spiro atoms. The summed E-state index contributed by atoms with van der Waals surface area (Å²) in [5.41, 5.74) is 0.750. The van der Waals surface area contributed by atoms with Crippen molar-refractivity contribution >= 4 is 36.7 Å². The Morgan fingerprint density at radius 1 is 1.36 bits per heavy atom. The highest BCUT2D eigenvalue weighted by molar-refractivity contribution is 7.59. The quantitative estimate of drug-likeness (QED) is 0.830. The third-order valence-electron chi connectivity index (χ3n) is 3.53. The highest BCUT2D eigenvalue weighted by Gasteiger charge is 2.30. The maximum Gasteiger partial charge on any atom is 0.276 e. The molecule has 22 heavy (non-hydrogen) atoms. The van der Waals surface area contributed by atoms with E-state index < -0.39 is 6.43 Å². The maximum absolute atomic E-state index is 12.7. The number of hydrogen-bond donors (Lipinski definition) is 0. The van der Waals surface area contributed by atoms with Gasteiger partial charge in [-0.05, 0) is 31.2 Å². The van der Waals surface area contributed by atoms with Gasteiger partial charge in [-0.15, -0.1) is 0 Å². The summed E-state index contributed by atoms with van der Waals surface area (Å²) >= 11 is 5.87. The van der Waals surface area contributed by atoms with Crippen LogP contribution in [0.15, 0.2) is 30.5 Å². The van der Waals surface area contributed by atoms with Gasteiger partial charge in [-0.25, -0.2) is 8.78 Å². The Morgan fingerprint density at radius 3 is 2.73 bits per heavy atom. The second-order valence-corrected chi connectivity index (χ2v) is 5.34. The molecule has 8 heteroatoms. The van der Waals surface area contributed by atoms with Gasteiger partial charge in [0.05, 0.1) is 11.1 Å². The molecular weight excluding hydrogens is 332 g/mol. The molecule has 3 rings (SSSR count). The number of anilines is 1. The van der Waals surface area contributed by atoms with E-state index in [1.807, 2.05) is 6.92 Å². The van der Waals surface area contributed by atoms with Crippen molar-refractivity contribution in [2.45, 2.75) is 19.4 Å². The van der Waals surface area contributed by atoms with Gasteiger partial charge in [-0.3, -0.25) is 9.48 Å². The van der Waals surface area contributed by atoms with E-state index in [-0.39, 0.29) is 36.0 Å². The summed E-state index contributed by atoms with van der Waals surface area (Å²) in [5, 5.41) is 4.08. The van der Waals surface area contributed by atoms with Gasteiger partial charge in [-0.1, -0.05) is 11.6 Å². The predicted octanol–water partition coefficient (Wildman–Crippen LogP) is 3.81. The van der Waals surface area contributed by atoms with Crippen molar-refractivity contribution in [3.8, 4) is 0 Å². The molecule has 0 saturated heterocycles. The van der Waals surface area contributed by atoms with Crippen molar-refractivity contribution in [3.05, 3.63) is 46.7 Å². The van der Waals surface area contributed by atoms with Crippen LogP contribution in [0, 0.1) is 0 Å². The van der Waals surface area contributed by atoms with E-state index in [0.29, 0.717) is 17.9 Å². The number of nitrogens with zero attached hydrogens (tertiary/aromatic N) is 3. The highest BCUT2D eigenvalue weighted by Crippen LogP contribution is 2.32. The largest absolute Gasteiger partial charge is 0.305 e. The van der Waals surface area contributed by atoms with Crippen LogP contribution in [0.4, 0.5) is 14.5 Å². The van der Waals surface area contributed by atoms with Gasteiger partial charge in [0.15, 0.2) is 0 Å². The normalized spacial score (nSPS) is 17.4. The summed E-state index contributed by atoms with van der Waals surface area (Å²) in [5.74, 6) is -0.216. The van der Waals surface area contributed by atoms with Crippen molar-refractivity contribution in [2.75, 3.05) is 11.4 Å². The molecule has 0 bridgehead atoms. The summed E-state index contributed by atoms with van der Waals surface area (Å²) in [4.78, 5) is 14.0. The topological polar surface area (TPSA) is 38.1 Å². The number of alkyl halides is 2. The van der Waals surface area contributed by atoms with Crippen molar-refractivity contribution in [1.29, 1.82) is 0 Å². The lowest BCUT2D eigenvalue weighted by molar-refractivity contribution is 0.0953. The Hall–Kier alpha value is -1.60. The van der Waals surface area contributed by atoms with Crippen LogP contribution in [-0.2, 0) is 0 Å². The minimum atomic E-state index is -2.64. The molecule has 1 amide bonds. The first-order chi connectivity index (χ1) is 9.99. The molecule has 2 aromatic rings. The Labute approximate surface area is 138 Å². The first kappa shape index (κ1) is 16.8. The molecule has 1 aromatic heterocycles. The fourth-order valence-electron chi connectivity index (χ4n) is 2.48. The molecule has 0 N–H and O–H groups in total. The number of rotatable bonds is 2. The van der Waals surface area contributed by atoms with Crippen molar-refractivity contribution in [3.63, 3.8) is 0 Å². The monoisotopic (exact) mass is 345 g/mol. The lowest BCUT2D eigenvalue weighted by Gasteiger charge is -2.32. The minimum Gasteiger partial charge on any atom is -0.305 e. The van der Waals surface area contributed by atoms with Gasteiger partial charge in [0.2, 0.25) is 0 Å². The minimum absolute atomic E-state index is 0. The van der Waals surface area contributed by atoms with Crippen LogP contribution in [0.5, 0.6) is 0 Å². The lowest BCUT2D eigenvalue weighted by Crippen LogP contribution is -2.42. The number of fused-ring (bicyclic) bond motifs is 1. The van der Waals surface area contributed by atoms with Gasteiger partial charge in [0, 0.05) is 24.0 Å². The zero-order valence-electron chi connectivity index (χ0n) is 11.6. The SMILES string of the molecule is C[C@H]1CN(c2ccc(C(F)F)c(Cl)c2)C(=O)c2ccnn21.S. The standard InChI is InChI=1S/C14H12ClF2N3O.H2S/c1-8-7-19(14(21)12-4-5-18-20(8)12)9-2-3-10(13(16)17)11(15)6-9;/h2-6,8,13H,7H2,1H3;1H2/t8-;/m0./s1. The van der Waals surface area contributed by atoms with Gasteiger partial charge < -0.3 is 4.90 Å². The maximum atomic E-state index is 12.7. The Kier molecular flexibility index (Phi) is 4.77. The van der Waals surface area contributed by atoms with E-state index in [2.05, 4.69) is 5.10 Å². The van der Waals surface area contributed by atoms with Crippen molar-refractivity contribution in [1.82, 2.24) is 9.78 Å². The molecule has 0 saturated carbocycles. The zero-order chi connectivity index (χ0) is 15.1. The van der Waals surface area contributed by atoms with Gasteiger partial charge >= 0.3 is 0 Å². The zero-order valence-corrected chi connectivity index (χ0v) is 13.4. The van der Waals surface area contributed by atoms with E-state index in [9.17, 15) is 13.6 Å². The molecule has 1 aliphatic heterocycles. The van der Waals surface area contributed by atoms with Crippen LogP contribution in [0.1, 0.15) is 35.4 Å². The van der Waals surface area contributed by atoms with Crippen LogP contribution in [-0.4, -0.2) is 22.2 Å². The molecule has 0 aliphatic carbocycles. The van der Waals surface area contributed by atoms with E-state index in [0.717, 1.165) is 0 Å². The molecule has 1 aromatic carbocycles. The predicted molar refractivity (Wildman–Crippen MR) is 85.4 cm³/mol. The molecule has 2 heterocycles. The lowest BCUT2D eigenvalue weighted by atomic mass is 10.1. The Bertz CT molecular complexity index is 707. The third-order valence-corrected chi connectivity index (χ3v) is 3.86. The van der Waals surface area contributed by atoms with Crippen LogP contribution in [0.2, 0.25) is 5.02 Å². The summed E-state index contributed by atoms with van der Waals surface area (Å²) < 4.78 is 27.1. The first-order valence-electron chi connectivity index (χ1n) is 6.42. The smallest absolute Gasteiger partial charge is 0.276 e. The number of carbonyl (C=O) groups is 1. The average molecular weight is 346 g/mol. The van der Waals surface area contributed by atoms with E-state index >= 15 is 0 Å². The molecule has 118 valence electrons. The fourth-order valence-corrected chi connectivity index (χ4v) is 2.74. The fraction of sp³-hybridized carbons (Fsp3) is 0.286. The molecule has 1 aliphatic rings. The van der Waals surface area contributed by atoms with E-state index in [1.165, 1.54) is 23.1 Å². The van der Waals surface area contributed by atoms with E-state index in [4.69, 9.17) is 11.6 Å². The van der Waals surface area contributed by atoms with Crippen LogP contribution < -0.4 is 4.90 Å². The summed E-state index contributed by atoms with van der Waals surface area (Å²) in [6.07, 6.45) is -1.07. The van der Waals surface area contributed by atoms with Crippen molar-refractivity contribution in [2.24, 2.45) is 0 Å². The van der Waals surface area contributed by atoms with Crippen LogP contribution in [0.3, 0.4) is 0 Å².